The Balaban J connectivity index is 1.55. The fourth-order valence-electron chi connectivity index (χ4n) is 3.07. The van der Waals surface area contributed by atoms with E-state index >= 15 is 0 Å². The Hall–Kier alpha value is -2.19. The van der Waals surface area contributed by atoms with E-state index in [0.29, 0.717) is 23.5 Å². The predicted octanol–water partition coefficient (Wildman–Crippen LogP) is 3.18. The van der Waals surface area contributed by atoms with Gasteiger partial charge >= 0.3 is 0 Å². The van der Waals surface area contributed by atoms with E-state index in [-0.39, 0.29) is 24.3 Å². The zero-order valence-corrected chi connectivity index (χ0v) is 17.2. The molecule has 2 N–H and O–H groups in total. The number of anilines is 1. The Morgan fingerprint density at radius 3 is 2.81 bits per heavy atom. The molecule has 3 rings (SSSR count). The Bertz CT molecular complexity index is 854. The quantitative estimate of drug-likeness (QED) is 0.735. The number of hydrogen-bond donors (Lipinski definition) is 2. The molecule has 3 amide bonds. The first-order chi connectivity index (χ1) is 13.0. The molecule has 0 unspecified atom stereocenters. The van der Waals surface area contributed by atoms with E-state index in [0.717, 1.165) is 16.5 Å². The molecule has 1 saturated heterocycles. The largest absolute Gasteiger partial charge is 0.345 e. The van der Waals surface area contributed by atoms with Crippen molar-refractivity contribution in [3.8, 4) is 0 Å². The minimum absolute atomic E-state index is 0.127. The zero-order valence-electron chi connectivity index (χ0n) is 14.8. The van der Waals surface area contributed by atoms with Gasteiger partial charge in [0.25, 0.3) is 5.91 Å². The van der Waals surface area contributed by atoms with Crippen molar-refractivity contribution in [3.05, 3.63) is 50.6 Å². The van der Waals surface area contributed by atoms with Crippen LogP contribution in [0.1, 0.15) is 28.1 Å². The highest BCUT2D eigenvalue weighted by atomic mass is 79.9. The summed E-state index contributed by atoms with van der Waals surface area (Å²) in [4.78, 5) is 39.4. The summed E-state index contributed by atoms with van der Waals surface area (Å²) in [6.07, 6.45) is 1.38. The first kappa shape index (κ1) is 19.6. The Labute approximate surface area is 170 Å². The molecule has 1 aliphatic heterocycles. The number of halogens is 1. The highest BCUT2D eigenvalue weighted by Gasteiger charge is 2.34. The average Bonchev–Trinajstić information content (AvgIpc) is 3.33. The van der Waals surface area contributed by atoms with Gasteiger partial charge in [-0.15, -0.1) is 11.3 Å². The van der Waals surface area contributed by atoms with E-state index in [1.165, 1.54) is 11.3 Å². The maximum Gasteiger partial charge on any atom is 0.264 e. The van der Waals surface area contributed by atoms with Gasteiger partial charge in [-0.2, -0.15) is 0 Å². The Kier molecular flexibility index (Phi) is 6.28. The number of carbonyl (C=O) groups is 3. The molecule has 2 heterocycles. The molecule has 2 aromatic rings. The van der Waals surface area contributed by atoms with Crippen molar-refractivity contribution >= 4 is 50.7 Å². The lowest BCUT2D eigenvalue weighted by atomic mass is 10.2. The molecule has 1 aliphatic rings. The van der Waals surface area contributed by atoms with Gasteiger partial charge < -0.3 is 15.5 Å². The lowest BCUT2D eigenvalue weighted by Crippen LogP contribution is -2.47. The summed E-state index contributed by atoms with van der Waals surface area (Å²) in [5.41, 5.74) is 1.63. The molecule has 1 atom stereocenters. The van der Waals surface area contributed by atoms with Crippen LogP contribution in [0, 0.1) is 6.92 Å². The van der Waals surface area contributed by atoms with E-state index in [2.05, 4.69) is 26.6 Å². The standard InChI is InChI=1S/C19H20BrN3O3S/c1-12-10-13(20)6-7-14(12)22-17(24)11-21-18(25)15-4-2-8-23(15)19(26)16-5-3-9-27-16/h3,5-7,9-10,15H,2,4,8,11H2,1H3,(H,21,25)(H,22,24)/t15-/m0/s1. The summed E-state index contributed by atoms with van der Waals surface area (Å²) < 4.78 is 0.933. The molecule has 142 valence electrons. The molecule has 0 radical (unpaired) electrons. The van der Waals surface area contributed by atoms with Gasteiger partial charge in [-0.25, -0.2) is 0 Å². The summed E-state index contributed by atoms with van der Waals surface area (Å²) in [5, 5.41) is 7.28. The van der Waals surface area contributed by atoms with E-state index in [1.807, 2.05) is 30.5 Å². The number of amides is 3. The summed E-state index contributed by atoms with van der Waals surface area (Å²) >= 11 is 4.74. The van der Waals surface area contributed by atoms with Crippen molar-refractivity contribution in [1.82, 2.24) is 10.2 Å². The van der Waals surface area contributed by atoms with Gasteiger partial charge in [0.2, 0.25) is 11.8 Å². The molecule has 0 aliphatic carbocycles. The van der Waals surface area contributed by atoms with Gasteiger partial charge in [0, 0.05) is 16.7 Å². The number of benzene rings is 1. The van der Waals surface area contributed by atoms with Crippen LogP contribution in [0.15, 0.2) is 40.2 Å². The molecule has 1 fully saturated rings. The second kappa shape index (κ2) is 8.67. The SMILES string of the molecule is Cc1cc(Br)ccc1NC(=O)CNC(=O)[C@@H]1CCCN1C(=O)c1cccs1. The minimum atomic E-state index is -0.526. The maximum atomic E-state index is 12.5. The zero-order chi connectivity index (χ0) is 19.4. The molecule has 0 spiro atoms. The maximum absolute atomic E-state index is 12.5. The van der Waals surface area contributed by atoms with Crippen LogP contribution < -0.4 is 10.6 Å². The molecule has 1 aromatic heterocycles. The van der Waals surface area contributed by atoms with Crippen LogP contribution in [-0.2, 0) is 9.59 Å². The lowest BCUT2D eigenvalue weighted by molar-refractivity contribution is -0.127. The van der Waals surface area contributed by atoms with Crippen LogP contribution in [0.2, 0.25) is 0 Å². The fourth-order valence-corrected chi connectivity index (χ4v) is 4.23. The smallest absolute Gasteiger partial charge is 0.264 e. The van der Waals surface area contributed by atoms with Crippen LogP contribution in [-0.4, -0.2) is 41.8 Å². The third-order valence-corrected chi connectivity index (χ3v) is 5.79. The fraction of sp³-hybridized carbons (Fsp3) is 0.316. The number of likely N-dealkylation sites (tertiary alicyclic amines) is 1. The number of rotatable bonds is 5. The second-order valence-electron chi connectivity index (χ2n) is 6.36. The molecular weight excluding hydrogens is 430 g/mol. The highest BCUT2D eigenvalue weighted by Crippen LogP contribution is 2.22. The monoisotopic (exact) mass is 449 g/mol. The molecule has 6 nitrogen and oxygen atoms in total. The van der Waals surface area contributed by atoms with Crippen LogP contribution in [0.4, 0.5) is 5.69 Å². The van der Waals surface area contributed by atoms with Gasteiger partial charge in [0.05, 0.1) is 11.4 Å². The van der Waals surface area contributed by atoms with Crippen molar-refractivity contribution < 1.29 is 14.4 Å². The molecule has 27 heavy (non-hydrogen) atoms. The third kappa shape index (κ3) is 4.75. The first-order valence-corrected chi connectivity index (χ1v) is 10.3. The predicted molar refractivity (Wildman–Crippen MR) is 109 cm³/mol. The number of nitrogens with zero attached hydrogens (tertiary/aromatic N) is 1. The number of aryl methyl sites for hydroxylation is 1. The molecule has 0 bridgehead atoms. The number of hydrogen-bond acceptors (Lipinski definition) is 4. The summed E-state index contributed by atoms with van der Waals surface area (Å²) in [6, 6.07) is 8.60. The minimum Gasteiger partial charge on any atom is -0.345 e. The van der Waals surface area contributed by atoms with Crippen molar-refractivity contribution in [2.45, 2.75) is 25.8 Å². The summed E-state index contributed by atoms with van der Waals surface area (Å²) in [5.74, 6) is -0.722. The van der Waals surface area contributed by atoms with Gasteiger partial charge in [-0.05, 0) is 55.0 Å². The normalized spacial score (nSPS) is 16.2. The van der Waals surface area contributed by atoms with Gasteiger partial charge in [0.15, 0.2) is 0 Å². The number of thiophene rings is 1. The molecule has 1 aromatic carbocycles. The third-order valence-electron chi connectivity index (χ3n) is 4.43. The molecule has 8 heteroatoms. The summed E-state index contributed by atoms with van der Waals surface area (Å²) in [7, 11) is 0. The topological polar surface area (TPSA) is 78.5 Å². The van der Waals surface area contributed by atoms with Crippen LogP contribution in [0.3, 0.4) is 0 Å². The summed E-state index contributed by atoms with van der Waals surface area (Å²) in [6.45, 7) is 2.32. The van der Waals surface area contributed by atoms with Gasteiger partial charge in [-0.3, -0.25) is 14.4 Å². The van der Waals surface area contributed by atoms with E-state index in [4.69, 9.17) is 0 Å². The second-order valence-corrected chi connectivity index (χ2v) is 8.22. The van der Waals surface area contributed by atoms with Crippen molar-refractivity contribution in [2.24, 2.45) is 0 Å². The highest BCUT2D eigenvalue weighted by molar-refractivity contribution is 9.10. The van der Waals surface area contributed by atoms with Crippen molar-refractivity contribution in [1.29, 1.82) is 0 Å². The van der Waals surface area contributed by atoms with E-state index in [1.54, 1.807) is 17.0 Å². The van der Waals surface area contributed by atoms with Crippen LogP contribution >= 0.6 is 27.3 Å². The van der Waals surface area contributed by atoms with E-state index < -0.39 is 6.04 Å². The number of carbonyl (C=O) groups excluding carboxylic acids is 3. The Morgan fingerprint density at radius 1 is 1.30 bits per heavy atom. The average molecular weight is 450 g/mol. The number of nitrogens with one attached hydrogen (secondary N) is 2. The van der Waals surface area contributed by atoms with Gasteiger partial charge in [-0.1, -0.05) is 22.0 Å². The van der Waals surface area contributed by atoms with Crippen LogP contribution in [0.5, 0.6) is 0 Å². The molecule has 0 saturated carbocycles. The van der Waals surface area contributed by atoms with Gasteiger partial charge in [0.1, 0.15) is 6.04 Å². The van der Waals surface area contributed by atoms with Crippen molar-refractivity contribution in [3.63, 3.8) is 0 Å². The van der Waals surface area contributed by atoms with Crippen LogP contribution in [0.25, 0.3) is 0 Å². The van der Waals surface area contributed by atoms with E-state index in [9.17, 15) is 14.4 Å². The molecular formula is C19H20BrN3O3S. The first-order valence-electron chi connectivity index (χ1n) is 8.64. The van der Waals surface area contributed by atoms with Crippen molar-refractivity contribution in [2.75, 3.05) is 18.4 Å². The Morgan fingerprint density at radius 2 is 2.11 bits per heavy atom. The lowest BCUT2D eigenvalue weighted by Gasteiger charge is -2.23.